The number of nitrogens with one attached hydrogen (secondary N) is 2. The Kier molecular flexibility index (Phi) is 4.34. The van der Waals surface area contributed by atoms with Crippen molar-refractivity contribution in [1.29, 1.82) is 0 Å². The molecule has 0 aliphatic carbocycles. The van der Waals surface area contributed by atoms with E-state index >= 15 is 0 Å². The summed E-state index contributed by atoms with van der Waals surface area (Å²) in [6.45, 7) is 2.99. The SMILES string of the molecule is Cc1ccc2c(C(=O)NC(C(=O)O)C3CCCOC3)c[nH]c2c1. The second-order valence-corrected chi connectivity index (χ2v) is 6.02. The number of H-pyrrole nitrogens is 1. The summed E-state index contributed by atoms with van der Waals surface area (Å²) >= 11 is 0. The molecule has 1 amide bonds. The molecule has 1 aromatic heterocycles. The van der Waals surface area contributed by atoms with Gasteiger partial charge in [-0.15, -0.1) is 0 Å². The third kappa shape index (κ3) is 3.22. The molecule has 2 aromatic rings. The fraction of sp³-hybridized carbons (Fsp3) is 0.412. The van der Waals surface area contributed by atoms with Crippen LogP contribution >= 0.6 is 0 Å². The normalized spacial score (nSPS) is 19.4. The van der Waals surface area contributed by atoms with Crippen molar-refractivity contribution in [2.75, 3.05) is 13.2 Å². The maximum Gasteiger partial charge on any atom is 0.326 e. The van der Waals surface area contributed by atoms with Gasteiger partial charge in [-0.3, -0.25) is 4.79 Å². The van der Waals surface area contributed by atoms with E-state index in [0.717, 1.165) is 29.3 Å². The molecule has 0 radical (unpaired) electrons. The predicted octanol–water partition coefficient (Wildman–Crippen LogP) is 2.09. The maximum absolute atomic E-state index is 12.5. The van der Waals surface area contributed by atoms with Crippen LogP contribution in [-0.2, 0) is 9.53 Å². The lowest BCUT2D eigenvalue weighted by Crippen LogP contribution is -2.48. The lowest BCUT2D eigenvalue weighted by molar-refractivity contribution is -0.142. The molecule has 1 aromatic carbocycles. The fourth-order valence-electron chi connectivity index (χ4n) is 3.06. The largest absolute Gasteiger partial charge is 0.480 e. The van der Waals surface area contributed by atoms with E-state index in [-0.39, 0.29) is 11.8 Å². The molecule has 1 saturated heterocycles. The molecule has 2 heterocycles. The molecular formula is C17H20N2O4. The van der Waals surface area contributed by atoms with Gasteiger partial charge in [-0.25, -0.2) is 4.79 Å². The van der Waals surface area contributed by atoms with E-state index < -0.39 is 12.0 Å². The summed E-state index contributed by atoms with van der Waals surface area (Å²) in [5.74, 6) is -1.60. The Morgan fingerprint density at radius 3 is 2.96 bits per heavy atom. The van der Waals surface area contributed by atoms with E-state index in [9.17, 15) is 14.7 Å². The molecular weight excluding hydrogens is 296 g/mol. The van der Waals surface area contributed by atoms with Gasteiger partial charge in [0, 0.05) is 29.6 Å². The van der Waals surface area contributed by atoms with Crippen LogP contribution in [0.15, 0.2) is 24.4 Å². The monoisotopic (exact) mass is 316 g/mol. The first kappa shape index (κ1) is 15.6. The van der Waals surface area contributed by atoms with Crippen LogP contribution in [0.2, 0.25) is 0 Å². The summed E-state index contributed by atoms with van der Waals surface area (Å²) < 4.78 is 5.35. The first-order valence-corrected chi connectivity index (χ1v) is 7.75. The number of aryl methyl sites for hydroxylation is 1. The minimum absolute atomic E-state index is 0.197. The van der Waals surface area contributed by atoms with Crippen molar-refractivity contribution in [3.8, 4) is 0 Å². The summed E-state index contributed by atoms with van der Waals surface area (Å²) in [5.41, 5.74) is 2.42. The molecule has 122 valence electrons. The molecule has 1 aliphatic heterocycles. The first-order valence-electron chi connectivity index (χ1n) is 7.75. The minimum Gasteiger partial charge on any atom is -0.480 e. The highest BCUT2D eigenvalue weighted by Crippen LogP contribution is 2.21. The van der Waals surface area contributed by atoms with Crippen LogP contribution < -0.4 is 5.32 Å². The van der Waals surface area contributed by atoms with Crippen LogP contribution in [-0.4, -0.2) is 41.2 Å². The topological polar surface area (TPSA) is 91.4 Å². The van der Waals surface area contributed by atoms with Crippen molar-refractivity contribution in [3.63, 3.8) is 0 Å². The number of hydrogen-bond donors (Lipinski definition) is 3. The Labute approximate surface area is 133 Å². The summed E-state index contributed by atoms with van der Waals surface area (Å²) in [4.78, 5) is 27.1. The van der Waals surface area contributed by atoms with Gasteiger partial charge in [-0.05, 0) is 31.4 Å². The Bertz CT molecular complexity index is 731. The van der Waals surface area contributed by atoms with Crippen LogP contribution in [0.1, 0.15) is 28.8 Å². The van der Waals surface area contributed by atoms with E-state index in [1.54, 1.807) is 6.20 Å². The van der Waals surface area contributed by atoms with Gasteiger partial charge < -0.3 is 20.1 Å². The van der Waals surface area contributed by atoms with Gasteiger partial charge in [-0.2, -0.15) is 0 Å². The maximum atomic E-state index is 12.5. The van der Waals surface area contributed by atoms with Crippen molar-refractivity contribution in [1.82, 2.24) is 10.3 Å². The third-order valence-corrected chi connectivity index (χ3v) is 4.30. The number of carbonyl (C=O) groups excluding carboxylic acids is 1. The number of rotatable bonds is 4. The fourth-order valence-corrected chi connectivity index (χ4v) is 3.06. The average Bonchev–Trinajstić information content (AvgIpc) is 2.96. The second-order valence-electron chi connectivity index (χ2n) is 6.02. The lowest BCUT2D eigenvalue weighted by atomic mass is 9.93. The summed E-state index contributed by atoms with van der Waals surface area (Å²) in [5, 5.41) is 12.9. The number of aromatic amines is 1. The smallest absolute Gasteiger partial charge is 0.326 e. The zero-order valence-corrected chi connectivity index (χ0v) is 13.0. The summed E-state index contributed by atoms with van der Waals surface area (Å²) in [6, 6.07) is 4.82. The second kappa shape index (κ2) is 6.42. The van der Waals surface area contributed by atoms with Crippen molar-refractivity contribution in [2.24, 2.45) is 5.92 Å². The number of carboxylic acids is 1. The molecule has 3 rings (SSSR count). The Hall–Kier alpha value is -2.34. The lowest BCUT2D eigenvalue weighted by Gasteiger charge is -2.28. The Balaban J connectivity index is 1.81. The van der Waals surface area contributed by atoms with Crippen LogP contribution in [0, 0.1) is 12.8 Å². The van der Waals surface area contributed by atoms with Gasteiger partial charge in [0.05, 0.1) is 12.2 Å². The standard InChI is InChI=1S/C17H20N2O4/c1-10-4-5-12-13(8-18-14(12)7-10)16(20)19-15(17(21)22)11-3-2-6-23-9-11/h4-5,7-8,11,15,18H,2-3,6,9H2,1H3,(H,19,20)(H,21,22). The minimum atomic E-state index is -1.02. The number of benzene rings is 1. The first-order chi connectivity index (χ1) is 11.1. The number of carbonyl (C=O) groups is 2. The van der Waals surface area contributed by atoms with E-state index in [0.29, 0.717) is 18.8 Å². The number of fused-ring (bicyclic) bond motifs is 1. The third-order valence-electron chi connectivity index (χ3n) is 4.30. The number of aromatic nitrogens is 1. The highest BCUT2D eigenvalue weighted by Gasteiger charge is 2.32. The summed E-state index contributed by atoms with van der Waals surface area (Å²) in [6.07, 6.45) is 3.18. The molecule has 1 fully saturated rings. The molecule has 3 N–H and O–H groups in total. The van der Waals surface area contributed by atoms with Crippen LogP contribution in [0.5, 0.6) is 0 Å². The number of ether oxygens (including phenoxy) is 1. The highest BCUT2D eigenvalue weighted by atomic mass is 16.5. The van der Waals surface area contributed by atoms with Gasteiger partial charge in [0.15, 0.2) is 0 Å². The van der Waals surface area contributed by atoms with E-state index in [1.165, 1.54) is 0 Å². The molecule has 0 saturated carbocycles. The predicted molar refractivity (Wildman–Crippen MR) is 85.5 cm³/mol. The van der Waals surface area contributed by atoms with Crippen LogP contribution in [0.3, 0.4) is 0 Å². The van der Waals surface area contributed by atoms with Crippen LogP contribution in [0.4, 0.5) is 0 Å². The quantitative estimate of drug-likeness (QED) is 0.805. The number of hydrogen-bond acceptors (Lipinski definition) is 3. The molecule has 6 nitrogen and oxygen atoms in total. The van der Waals surface area contributed by atoms with Gasteiger partial charge >= 0.3 is 5.97 Å². The molecule has 0 bridgehead atoms. The zero-order valence-electron chi connectivity index (χ0n) is 13.0. The molecule has 0 spiro atoms. The molecule has 1 aliphatic rings. The van der Waals surface area contributed by atoms with E-state index in [2.05, 4.69) is 10.3 Å². The highest BCUT2D eigenvalue weighted by molar-refractivity contribution is 6.07. The number of amides is 1. The van der Waals surface area contributed by atoms with Gasteiger partial charge in [0.2, 0.25) is 0 Å². The Morgan fingerprint density at radius 2 is 2.26 bits per heavy atom. The average molecular weight is 316 g/mol. The van der Waals surface area contributed by atoms with E-state index in [4.69, 9.17) is 4.74 Å². The molecule has 6 heteroatoms. The molecule has 2 unspecified atom stereocenters. The van der Waals surface area contributed by atoms with Gasteiger partial charge in [0.1, 0.15) is 6.04 Å². The number of carboxylic acid groups (broad SMARTS) is 1. The van der Waals surface area contributed by atoms with Crippen molar-refractivity contribution in [3.05, 3.63) is 35.5 Å². The molecule has 23 heavy (non-hydrogen) atoms. The molecule has 2 atom stereocenters. The van der Waals surface area contributed by atoms with Crippen molar-refractivity contribution < 1.29 is 19.4 Å². The number of aliphatic carboxylic acids is 1. The van der Waals surface area contributed by atoms with Gasteiger partial charge in [0.25, 0.3) is 5.91 Å². The van der Waals surface area contributed by atoms with E-state index in [1.807, 2.05) is 25.1 Å². The summed E-state index contributed by atoms with van der Waals surface area (Å²) in [7, 11) is 0. The van der Waals surface area contributed by atoms with Gasteiger partial charge in [-0.1, -0.05) is 12.1 Å². The Morgan fingerprint density at radius 1 is 1.43 bits per heavy atom. The van der Waals surface area contributed by atoms with Crippen molar-refractivity contribution in [2.45, 2.75) is 25.8 Å². The van der Waals surface area contributed by atoms with Crippen molar-refractivity contribution >= 4 is 22.8 Å². The zero-order chi connectivity index (χ0) is 16.4. The van der Waals surface area contributed by atoms with Crippen LogP contribution in [0.25, 0.3) is 10.9 Å².